The van der Waals surface area contributed by atoms with Gasteiger partial charge in [0.15, 0.2) is 0 Å². The van der Waals surface area contributed by atoms with Gasteiger partial charge in [0.1, 0.15) is 0 Å². The third-order valence-corrected chi connectivity index (χ3v) is 5.86. The quantitative estimate of drug-likeness (QED) is 0.697. The van der Waals surface area contributed by atoms with Crippen LogP contribution in [-0.2, 0) is 20.0 Å². The third kappa shape index (κ3) is 5.06. The summed E-state index contributed by atoms with van der Waals surface area (Å²) in [5, 5.41) is 22.3. The SMILES string of the molecule is CC(C)(C(=O)NC[C@@H](O)c1ccccc1)c1ccc(S(=O)(=O)/C=C/C#N)cc1. The molecule has 0 saturated heterocycles. The highest BCUT2D eigenvalue weighted by molar-refractivity contribution is 7.94. The Bertz CT molecular complexity index is 989. The molecule has 0 aliphatic heterocycles. The molecule has 28 heavy (non-hydrogen) atoms. The highest BCUT2D eigenvalue weighted by Gasteiger charge is 2.30. The monoisotopic (exact) mass is 398 g/mol. The van der Waals surface area contributed by atoms with Gasteiger partial charge in [-0.3, -0.25) is 4.79 Å². The zero-order chi connectivity index (χ0) is 20.8. The van der Waals surface area contributed by atoms with E-state index in [0.717, 1.165) is 11.5 Å². The summed E-state index contributed by atoms with van der Waals surface area (Å²) in [4.78, 5) is 12.7. The molecule has 0 heterocycles. The van der Waals surface area contributed by atoms with E-state index < -0.39 is 21.4 Å². The number of allylic oxidation sites excluding steroid dienone is 1. The molecule has 0 unspecified atom stereocenters. The van der Waals surface area contributed by atoms with Crippen LogP contribution in [0.1, 0.15) is 31.1 Å². The summed E-state index contributed by atoms with van der Waals surface area (Å²) in [6.45, 7) is 3.50. The normalized spacial score (nSPS) is 13.1. The minimum Gasteiger partial charge on any atom is -0.387 e. The van der Waals surface area contributed by atoms with Gasteiger partial charge in [-0.15, -0.1) is 0 Å². The molecule has 2 rings (SSSR count). The van der Waals surface area contributed by atoms with Crippen molar-refractivity contribution in [3.05, 3.63) is 77.2 Å². The Morgan fingerprint density at radius 1 is 1.18 bits per heavy atom. The second kappa shape index (κ2) is 8.83. The second-order valence-corrected chi connectivity index (χ2v) is 8.60. The number of nitrogens with one attached hydrogen (secondary N) is 1. The molecule has 0 aliphatic carbocycles. The summed E-state index contributed by atoms with van der Waals surface area (Å²) in [5.74, 6) is -0.289. The number of hydrogen-bond donors (Lipinski definition) is 2. The first kappa shape index (κ1) is 21.4. The molecule has 2 aromatic carbocycles. The van der Waals surface area contributed by atoms with E-state index in [2.05, 4.69) is 5.32 Å². The van der Waals surface area contributed by atoms with Gasteiger partial charge in [0.05, 0.1) is 22.5 Å². The molecular formula is C21H22N2O4S. The predicted octanol–water partition coefficient (Wildman–Crippen LogP) is 2.62. The average Bonchev–Trinajstić information content (AvgIpc) is 2.70. The molecular weight excluding hydrogens is 376 g/mol. The molecule has 0 fully saturated rings. The molecule has 0 saturated carbocycles. The van der Waals surface area contributed by atoms with Crippen LogP contribution in [0.5, 0.6) is 0 Å². The number of sulfone groups is 1. The molecule has 0 aromatic heterocycles. The number of carbonyl (C=O) groups is 1. The lowest BCUT2D eigenvalue weighted by Gasteiger charge is -2.25. The Hall–Kier alpha value is -2.95. The lowest BCUT2D eigenvalue weighted by Crippen LogP contribution is -2.41. The van der Waals surface area contributed by atoms with E-state index >= 15 is 0 Å². The number of carbonyl (C=O) groups excluding carboxylic acids is 1. The maximum absolute atomic E-state index is 12.6. The standard InChI is InChI=1S/C21H22N2O4S/c1-21(2,20(25)23-15-19(24)16-7-4-3-5-8-16)17-9-11-18(12-10-17)28(26,27)14-6-13-22/h3-12,14,19,24H,15H2,1-2H3,(H,23,25)/b14-6+/t19-/m1/s1. The number of aliphatic hydroxyl groups excluding tert-OH is 1. The second-order valence-electron chi connectivity index (χ2n) is 6.76. The first-order valence-electron chi connectivity index (χ1n) is 8.61. The van der Waals surface area contributed by atoms with E-state index in [0.29, 0.717) is 11.1 Å². The van der Waals surface area contributed by atoms with E-state index in [1.54, 1.807) is 44.2 Å². The van der Waals surface area contributed by atoms with Gasteiger partial charge in [-0.25, -0.2) is 8.42 Å². The van der Waals surface area contributed by atoms with E-state index in [9.17, 15) is 18.3 Å². The number of aliphatic hydroxyl groups is 1. The maximum atomic E-state index is 12.6. The van der Waals surface area contributed by atoms with Gasteiger partial charge >= 0.3 is 0 Å². The van der Waals surface area contributed by atoms with Gasteiger partial charge in [0, 0.05) is 18.0 Å². The smallest absolute Gasteiger partial charge is 0.230 e. The van der Waals surface area contributed by atoms with Crippen molar-refractivity contribution in [3.63, 3.8) is 0 Å². The minimum atomic E-state index is -3.69. The van der Waals surface area contributed by atoms with Gasteiger partial charge < -0.3 is 10.4 Å². The zero-order valence-electron chi connectivity index (χ0n) is 15.7. The van der Waals surface area contributed by atoms with Crippen molar-refractivity contribution in [1.82, 2.24) is 5.32 Å². The van der Waals surface area contributed by atoms with E-state index in [1.807, 2.05) is 18.2 Å². The van der Waals surface area contributed by atoms with E-state index in [-0.39, 0.29) is 17.3 Å². The van der Waals surface area contributed by atoms with Gasteiger partial charge in [-0.2, -0.15) is 5.26 Å². The van der Waals surface area contributed by atoms with Crippen molar-refractivity contribution in [2.24, 2.45) is 0 Å². The number of rotatable bonds is 7. The first-order valence-corrected chi connectivity index (χ1v) is 10.2. The summed E-state index contributed by atoms with van der Waals surface area (Å²) in [5.41, 5.74) is 0.407. The van der Waals surface area contributed by atoms with Crippen molar-refractivity contribution in [3.8, 4) is 6.07 Å². The lowest BCUT2D eigenvalue weighted by atomic mass is 9.83. The number of nitrogens with zero attached hydrogens (tertiary/aromatic N) is 1. The number of nitriles is 1. The lowest BCUT2D eigenvalue weighted by molar-refractivity contribution is -0.126. The first-order chi connectivity index (χ1) is 13.2. The molecule has 1 atom stereocenters. The minimum absolute atomic E-state index is 0.0402. The molecule has 0 spiro atoms. The van der Waals surface area contributed by atoms with Crippen molar-refractivity contribution in [2.45, 2.75) is 30.3 Å². The highest BCUT2D eigenvalue weighted by atomic mass is 32.2. The van der Waals surface area contributed by atoms with Crippen LogP contribution < -0.4 is 5.32 Å². The van der Waals surface area contributed by atoms with Crippen LogP contribution in [0.2, 0.25) is 0 Å². The van der Waals surface area contributed by atoms with Gasteiger partial charge in [0.25, 0.3) is 0 Å². The zero-order valence-corrected chi connectivity index (χ0v) is 16.5. The number of benzene rings is 2. The van der Waals surface area contributed by atoms with Gasteiger partial charge in [0.2, 0.25) is 15.7 Å². The fraction of sp³-hybridized carbons (Fsp3) is 0.238. The van der Waals surface area contributed by atoms with E-state index in [4.69, 9.17) is 5.26 Å². The average molecular weight is 398 g/mol. The van der Waals surface area contributed by atoms with Gasteiger partial charge in [-0.05, 0) is 37.1 Å². The molecule has 0 radical (unpaired) electrons. The largest absolute Gasteiger partial charge is 0.387 e. The summed E-state index contributed by atoms with van der Waals surface area (Å²) < 4.78 is 24.1. The molecule has 2 N–H and O–H groups in total. The summed E-state index contributed by atoms with van der Waals surface area (Å²) in [6.07, 6.45) is 0.0824. The maximum Gasteiger partial charge on any atom is 0.230 e. The van der Waals surface area contributed by atoms with Crippen molar-refractivity contribution >= 4 is 15.7 Å². The van der Waals surface area contributed by atoms with Crippen LogP contribution in [-0.4, -0.2) is 26.0 Å². The Balaban J connectivity index is 2.10. The molecule has 0 bridgehead atoms. The molecule has 7 heteroatoms. The Morgan fingerprint density at radius 2 is 1.79 bits per heavy atom. The van der Waals surface area contributed by atoms with E-state index in [1.165, 1.54) is 12.1 Å². The van der Waals surface area contributed by atoms with Crippen LogP contribution in [0, 0.1) is 11.3 Å². The molecule has 146 valence electrons. The van der Waals surface area contributed by atoms with Crippen LogP contribution in [0.15, 0.2) is 71.0 Å². The van der Waals surface area contributed by atoms with Crippen LogP contribution in [0.25, 0.3) is 0 Å². The summed E-state index contributed by atoms with van der Waals surface area (Å²) >= 11 is 0. The van der Waals surface area contributed by atoms with Gasteiger partial charge in [-0.1, -0.05) is 42.5 Å². The molecule has 2 aromatic rings. The fourth-order valence-electron chi connectivity index (χ4n) is 2.59. The fourth-order valence-corrected chi connectivity index (χ4v) is 3.51. The molecule has 0 aliphatic rings. The number of amides is 1. The Labute approximate surface area is 165 Å². The van der Waals surface area contributed by atoms with Crippen LogP contribution >= 0.6 is 0 Å². The Morgan fingerprint density at radius 3 is 2.36 bits per heavy atom. The van der Waals surface area contributed by atoms with Crippen LogP contribution in [0.4, 0.5) is 0 Å². The van der Waals surface area contributed by atoms with Crippen molar-refractivity contribution in [1.29, 1.82) is 5.26 Å². The topological polar surface area (TPSA) is 107 Å². The van der Waals surface area contributed by atoms with Crippen LogP contribution in [0.3, 0.4) is 0 Å². The summed E-state index contributed by atoms with van der Waals surface area (Å²) in [6, 6.07) is 16.6. The third-order valence-electron chi connectivity index (χ3n) is 4.43. The molecule has 1 amide bonds. The molecule has 6 nitrogen and oxygen atoms in total. The highest BCUT2D eigenvalue weighted by Crippen LogP contribution is 2.25. The number of hydrogen-bond acceptors (Lipinski definition) is 5. The van der Waals surface area contributed by atoms with Crippen molar-refractivity contribution in [2.75, 3.05) is 6.54 Å². The Kier molecular flexibility index (Phi) is 6.73. The summed E-state index contributed by atoms with van der Waals surface area (Å²) in [7, 11) is -3.69. The van der Waals surface area contributed by atoms with Crippen molar-refractivity contribution < 1.29 is 18.3 Å². The predicted molar refractivity (Wildman–Crippen MR) is 106 cm³/mol.